The number of hydrogen-bond acceptors (Lipinski definition) is 5. The molecule has 3 aromatic carbocycles. The summed E-state index contributed by atoms with van der Waals surface area (Å²) in [5, 5.41) is 22.2. The van der Waals surface area contributed by atoms with Crippen molar-refractivity contribution in [3.05, 3.63) is 88.4 Å². The molecular weight excluding hydrogens is 408 g/mol. The normalized spacial score (nSPS) is 11.1. The molecule has 0 unspecified atom stereocenters. The van der Waals surface area contributed by atoms with Gasteiger partial charge < -0.3 is 5.11 Å². The molecule has 2 N–H and O–H groups in total. The number of phenolic OH excluding ortho intramolecular Hbond substituents is 1. The highest BCUT2D eigenvalue weighted by molar-refractivity contribution is 9.10. The molecule has 0 heterocycles. The Bertz CT molecular complexity index is 1000. The zero-order valence-electron chi connectivity index (χ0n) is 14.1. The highest BCUT2D eigenvalue weighted by Gasteiger charge is 2.03. The first kappa shape index (κ1) is 18.5. The van der Waals surface area contributed by atoms with E-state index in [2.05, 4.69) is 36.7 Å². The second-order valence-corrected chi connectivity index (χ2v) is 6.40. The van der Waals surface area contributed by atoms with Crippen molar-refractivity contribution in [3.8, 4) is 5.75 Å². The molecule has 3 rings (SSSR count). The van der Waals surface area contributed by atoms with Gasteiger partial charge in [0.25, 0.3) is 5.91 Å². The van der Waals surface area contributed by atoms with Gasteiger partial charge in [-0.25, -0.2) is 5.43 Å². The molecule has 0 aromatic heterocycles. The van der Waals surface area contributed by atoms with E-state index in [1.807, 2.05) is 30.3 Å². The maximum absolute atomic E-state index is 11.9. The van der Waals surface area contributed by atoms with Crippen LogP contribution >= 0.6 is 15.9 Å². The summed E-state index contributed by atoms with van der Waals surface area (Å²) in [5.41, 5.74) is 4.57. The molecule has 0 aliphatic carbocycles. The molecule has 1 amide bonds. The fraction of sp³-hybridized carbons (Fsp3) is 0. The quantitative estimate of drug-likeness (QED) is 0.330. The lowest BCUT2D eigenvalue weighted by molar-refractivity contribution is 0.0955. The summed E-state index contributed by atoms with van der Waals surface area (Å²) in [7, 11) is 0. The lowest BCUT2D eigenvalue weighted by Gasteiger charge is -2.01. The fourth-order valence-electron chi connectivity index (χ4n) is 2.18. The number of carbonyl (C=O) groups is 1. The standard InChI is InChI=1S/C20H15BrN4O2/c21-16-7-4-8-17(12-16)23-24-18-9-10-19(26)15(11-18)13-22-25-20(27)14-5-2-1-3-6-14/h1-13,26H,(H,25,27)/b22-13-,24-23?. The molecule has 3 aromatic rings. The highest BCUT2D eigenvalue weighted by Crippen LogP contribution is 2.25. The maximum Gasteiger partial charge on any atom is 0.271 e. The van der Waals surface area contributed by atoms with E-state index in [-0.39, 0.29) is 11.7 Å². The van der Waals surface area contributed by atoms with E-state index in [0.717, 1.165) is 4.47 Å². The van der Waals surface area contributed by atoms with Crippen molar-refractivity contribution in [1.29, 1.82) is 0 Å². The number of rotatable bonds is 5. The Hall–Kier alpha value is -3.32. The number of benzene rings is 3. The topological polar surface area (TPSA) is 86.4 Å². The van der Waals surface area contributed by atoms with Crippen LogP contribution < -0.4 is 5.43 Å². The van der Waals surface area contributed by atoms with E-state index in [0.29, 0.717) is 22.5 Å². The number of hydrogen-bond donors (Lipinski definition) is 2. The van der Waals surface area contributed by atoms with Crippen molar-refractivity contribution < 1.29 is 9.90 Å². The van der Waals surface area contributed by atoms with Crippen LogP contribution in [0.3, 0.4) is 0 Å². The third kappa shape index (κ3) is 5.32. The van der Waals surface area contributed by atoms with Crippen LogP contribution in [0, 0.1) is 0 Å². The van der Waals surface area contributed by atoms with Crippen molar-refractivity contribution in [2.75, 3.05) is 0 Å². The summed E-state index contributed by atoms with van der Waals surface area (Å²) < 4.78 is 0.909. The van der Waals surface area contributed by atoms with Crippen LogP contribution in [0.5, 0.6) is 5.75 Å². The van der Waals surface area contributed by atoms with E-state index >= 15 is 0 Å². The van der Waals surface area contributed by atoms with Gasteiger partial charge in [-0.2, -0.15) is 15.3 Å². The molecule has 0 atom stereocenters. The lowest BCUT2D eigenvalue weighted by atomic mass is 10.2. The van der Waals surface area contributed by atoms with Crippen LogP contribution in [-0.4, -0.2) is 17.2 Å². The minimum absolute atomic E-state index is 0.0223. The Kier molecular flexibility index (Phi) is 6.06. The molecule has 0 aliphatic rings. The Morgan fingerprint density at radius 3 is 2.41 bits per heavy atom. The molecule has 0 spiro atoms. The summed E-state index contributed by atoms with van der Waals surface area (Å²) in [6.45, 7) is 0. The lowest BCUT2D eigenvalue weighted by Crippen LogP contribution is -2.17. The average Bonchev–Trinajstić information content (AvgIpc) is 2.69. The summed E-state index contributed by atoms with van der Waals surface area (Å²) >= 11 is 3.38. The van der Waals surface area contributed by atoms with Gasteiger partial charge in [0.1, 0.15) is 5.75 Å². The van der Waals surface area contributed by atoms with Crippen LogP contribution in [0.15, 0.2) is 92.6 Å². The molecular formula is C20H15BrN4O2. The zero-order chi connectivity index (χ0) is 19.1. The summed E-state index contributed by atoms with van der Waals surface area (Å²) in [6.07, 6.45) is 1.36. The van der Waals surface area contributed by atoms with Crippen molar-refractivity contribution >= 4 is 39.4 Å². The van der Waals surface area contributed by atoms with E-state index in [4.69, 9.17) is 0 Å². The number of nitrogens with one attached hydrogen (secondary N) is 1. The van der Waals surface area contributed by atoms with E-state index < -0.39 is 0 Å². The van der Waals surface area contributed by atoms with Crippen molar-refractivity contribution in [2.45, 2.75) is 0 Å². The SMILES string of the molecule is O=C(N/N=C\c1cc(N=Nc2cccc(Br)c2)ccc1O)c1ccccc1. The first-order valence-electron chi connectivity index (χ1n) is 8.00. The smallest absolute Gasteiger partial charge is 0.271 e. The van der Waals surface area contributed by atoms with Gasteiger partial charge in [0.2, 0.25) is 0 Å². The van der Waals surface area contributed by atoms with Crippen LogP contribution in [0.4, 0.5) is 11.4 Å². The predicted molar refractivity (Wildman–Crippen MR) is 108 cm³/mol. The second kappa shape index (κ2) is 8.86. The largest absolute Gasteiger partial charge is 0.507 e. The van der Waals surface area contributed by atoms with Gasteiger partial charge in [0.05, 0.1) is 17.6 Å². The van der Waals surface area contributed by atoms with E-state index in [9.17, 15) is 9.90 Å². The highest BCUT2D eigenvalue weighted by atomic mass is 79.9. The first-order chi connectivity index (χ1) is 13.1. The van der Waals surface area contributed by atoms with Crippen LogP contribution in [0.1, 0.15) is 15.9 Å². The molecule has 0 saturated heterocycles. The number of aromatic hydroxyl groups is 1. The van der Waals surface area contributed by atoms with E-state index in [1.165, 1.54) is 12.3 Å². The number of phenols is 1. The van der Waals surface area contributed by atoms with Gasteiger partial charge in [-0.1, -0.05) is 40.2 Å². The van der Waals surface area contributed by atoms with Gasteiger partial charge in [-0.3, -0.25) is 4.79 Å². The Morgan fingerprint density at radius 1 is 0.926 bits per heavy atom. The number of azo groups is 1. The van der Waals surface area contributed by atoms with Crippen LogP contribution in [0.25, 0.3) is 0 Å². The van der Waals surface area contributed by atoms with E-state index in [1.54, 1.807) is 36.4 Å². The van der Waals surface area contributed by atoms with Crippen LogP contribution in [0.2, 0.25) is 0 Å². The molecule has 0 saturated carbocycles. The zero-order valence-corrected chi connectivity index (χ0v) is 15.7. The van der Waals surface area contributed by atoms with Gasteiger partial charge in [-0.15, -0.1) is 0 Å². The number of amides is 1. The molecule has 0 radical (unpaired) electrons. The molecule has 0 bridgehead atoms. The van der Waals surface area contributed by atoms with Crippen molar-refractivity contribution in [2.24, 2.45) is 15.3 Å². The Balaban J connectivity index is 1.70. The molecule has 134 valence electrons. The van der Waals surface area contributed by atoms with Crippen molar-refractivity contribution in [1.82, 2.24) is 5.43 Å². The number of carbonyl (C=O) groups excluding carboxylic acids is 1. The molecule has 27 heavy (non-hydrogen) atoms. The minimum atomic E-state index is -0.336. The van der Waals surface area contributed by atoms with Gasteiger partial charge >= 0.3 is 0 Å². The molecule has 7 heteroatoms. The maximum atomic E-state index is 11.9. The predicted octanol–water partition coefficient (Wildman–Crippen LogP) is 5.33. The van der Waals surface area contributed by atoms with Gasteiger partial charge in [0.15, 0.2) is 0 Å². The molecule has 0 fully saturated rings. The third-order valence-corrected chi connectivity index (χ3v) is 4.00. The summed E-state index contributed by atoms with van der Waals surface area (Å²) in [5.74, 6) is -0.314. The monoisotopic (exact) mass is 422 g/mol. The number of halogens is 1. The van der Waals surface area contributed by atoms with Crippen molar-refractivity contribution in [3.63, 3.8) is 0 Å². The number of hydrazone groups is 1. The Morgan fingerprint density at radius 2 is 1.67 bits per heavy atom. The third-order valence-electron chi connectivity index (χ3n) is 3.51. The van der Waals surface area contributed by atoms with Gasteiger partial charge in [0, 0.05) is 15.6 Å². The van der Waals surface area contributed by atoms with Crippen LogP contribution in [-0.2, 0) is 0 Å². The first-order valence-corrected chi connectivity index (χ1v) is 8.80. The average molecular weight is 423 g/mol. The summed E-state index contributed by atoms with van der Waals surface area (Å²) in [4.78, 5) is 11.9. The Labute approximate surface area is 164 Å². The second-order valence-electron chi connectivity index (χ2n) is 5.49. The summed E-state index contributed by atoms with van der Waals surface area (Å²) in [6, 6.07) is 20.9. The molecule has 0 aliphatic heterocycles. The minimum Gasteiger partial charge on any atom is -0.507 e. The fourth-order valence-corrected chi connectivity index (χ4v) is 2.56. The van der Waals surface area contributed by atoms with Gasteiger partial charge in [-0.05, 0) is 48.5 Å². The molecule has 6 nitrogen and oxygen atoms in total. The number of nitrogens with zero attached hydrogens (tertiary/aromatic N) is 3.